The molecule has 8 heteroatoms. The Kier molecular flexibility index (Phi) is 7.36. The van der Waals surface area contributed by atoms with Crippen LogP contribution >= 0.6 is 0 Å². The van der Waals surface area contributed by atoms with Gasteiger partial charge in [0.25, 0.3) is 0 Å². The Bertz CT molecular complexity index is 659. The van der Waals surface area contributed by atoms with Gasteiger partial charge in [-0.25, -0.2) is 8.42 Å². The molecule has 0 bridgehead atoms. The van der Waals surface area contributed by atoms with Crippen molar-refractivity contribution in [3.8, 4) is 11.5 Å². The van der Waals surface area contributed by atoms with Crippen molar-refractivity contribution in [1.82, 2.24) is 10.6 Å². The number of guanidine groups is 1. The molecule has 0 aromatic heterocycles. The summed E-state index contributed by atoms with van der Waals surface area (Å²) < 4.78 is 33.8. The van der Waals surface area contributed by atoms with E-state index in [1.165, 1.54) is 0 Å². The number of sulfone groups is 1. The fourth-order valence-electron chi connectivity index (χ4n) is 2.54. The quantitative estimate of drug-likeness (QED) is 0.407. The van der Waals surface area contributed by atoms with Gasteiger partial charge in [0.1, 0.15) is 11.5 Å². The topological polar surface area (TPSA) is 89.0 Å². The van der Waals surface area contributed by atoms with Crippen LogP contribution in [-0.2, 0) is 9.84 Å². The van der Waals surface area contributed by atoms with Gasteiger partial charge in [-0.15, -0.1) is 0 Å². The minimum atomic E-state index is -2.90. The first-order valence-corrected chi connectivity index (χ1v) is 10.4. The maximum absolute atomic E-state index is 11.5. The van der Waals surface area contributed by atoms with E-state index in [1.807, 2.05) is 31.2 Å². The van der Waals surface area contributed by atoms with E-state index in [0.29, 0.717) is 25.5 Å². The Morgan fingerprint density at radius 2 is 2.00 bits per heavy atom. The normalized spacial score (nSPS) is 19.4. The maximum Gasteiger partial charge on any atom is 0.191 e. The monoisotopic (exact) mass is 369 g/mol. The molecule has 1 aromatic carbocycles. The first-order valence-electron chi connectivity index (χ1n) is 8.54. The Morgan fingerprint density at radius 1 is 1.28 bits per heavy atom. The molecule has 1 fully saturated rings. The van der Waals surface area contributed by atoms with Gasteiger partial charge in [-0.1, -0.05) is 0 Å². The maximum atomic E-state index is 11.5. The van der Waals surface area contributed by atoms with E-state index in [0.717, 1.165) is 24.5 Å². The van der Waals surface area contributed by atoms with Crippen molar-refractivity contribution in [2.24, 2.45) is 4.99 Å². The molecule has 140 valence electrons. The van der Waals surface area contributed by atoms with Crippen LogP contribution in [0.1, 0.15) is 19.8 Å². The lowest BCUT2D eigenvalue weighted by molar-refractivity contribution is 0.312. The number of nitrogens with one attached hydrogen (secondary N) is 2. The molecule has 1 unspecified atom stereocenters. The highest BCUT2D eigenvalue weighted by Gasteiger charge is 2.28. The smallest absolute Gasteiger partial charge is 0.191 e. The molecule has 0 saturated carbocycles. The molecule has 0 radical (unpaired) electrons. The molecule has 1 heterocycles. The summed E-state index contributed by atoms with van der Waals surface area (Å²) in [5.41, 5.74) is 0. The standard InChI is InChI=1S/C17H27N3O4S/c1-3-18-17(20-14-9-12-25(21,22)13-14)19-10-4-11-24-16-7-5-15(23-2)6-8-16/h5-8,14H,3-4,9-13H2,1-2H3,(H2,18,19,20). The van der Waals surface area contributed by atoms with Crippen molar-refractivity contribution in [2.45, 2.75) is 25.8 Å². The van der Waals surface area contributed by atoms with Crippen molar-refractivity contribution in [1.29, 1.82) is 0 Å². The molecule has 1 aliphatic rings. The van der Waals surface area contributed by atoms with Crippen molar-refractivity contribution in [3.05, 3.63) is 24.3 Å². The fraction of sp³-hybridized carbons (Fsp3) is 0.588. The van der Waals surface area contributed by atoms with Crippen LogP contribution in [0.15, 0.2) is 29.3 Å². The zero-order valence-electron chi connectivity index (χ0n) is 14.8. The highest BCUT2D eigenvalue weighted by atomic mass is 32.2. The molecule has 2 N–H and O–H groups in total. The number of hydrogen-bond acceptors (Lipinski definition) is 5. The molecule has 1 aromatic rings. The summed E-state index contributed by atoms with van der Waals surface area (Å²) >= 11 is 0. The van der Waals surface area contributed by atoms with Crippen LogP contribution in [0.2, 0.25) is 0 Å². The van der Waals surface area contributed by atoms with Crippen LogP contribution in [0.25, 0.3) is 0 Å². The molecule has 2 rings (SSSR count). The van der Waals surface area contributed by atoms with Gasteiger partial charge >= 0.3 is 0 Å². The molecule has 25 heavy (non-hydrogen) atoms. The van der Waals surface area contributed by atoms with E-state index >= 15 is 0 Å². The Hall–Kier alpha value is -1.96. The zero-order chi connectivity index (χ0) is 18.1. The van der Waals surface area contributed by atoms with Gasteiger partial charge < -0.3 is 20.1 Å². The van der Waals surface area contributed by atoms with Crippen LogP contribution in [0, 0.1) is 0 Å². The number of ether oxygens (including phenoxy) is 2. The van der Waals surface area contributed by atoms with Crippen molar-refractivity contribution < 1.29 is 17.9 Å². The molecule has 0 spiro atoms. The minimum absolute atomic E-state index is 0.0571. The lowest BCUT2D eigenvalue weighted by Gasteiger charge is -2.15. The summed E-state index contributed by atoms with van der Waals surface area (Å²) in [5, 5.41) is 6.35. The van der Waals surface area contributed by atoms with Gasteiger partial charge in [0.15, 0.2) is 15.8 Å². The highest BCUT2D eigenvalue weighted by molar-refractivity contribution is 7.91. The van der Waals surface area contributed by atoms with Gasteiger partial charge in [-0.2, -0.15) is 0 Å². The lowest BCUT2D eigenvalue weighted by Crippen LogP contribution is -2.44. The Morgan fingerprint density at radius 3 is 2.60 bits per heavy atom. The molecule has 1 atom stereocenters. The average Bonchev–Trinajstić information content (AvgIpc) is 2.94. The van der Waals surface area contributed by atoms with E-state index in [9.17, 15) is 8.42 Å². The van der Waals surface area contributed by atoms with Crippen LogP contribution in [-0.4, -0.2) is 58.7 Å². The number of nitrogens with zero attached hydrogens (tertiary/aromatic N) is 1. The Labute approximate surface area is 149 Å². The first-order chi connectivity index (χ1) is 12.0. The fourth-order valence-corrected chi connectivity index (χ4v) is 4.21. The summed E-state index contributed by atoms with van der Waals surface area (Å²) in [6, 6.07) is 7.40. The number of rotatable bonds is 8. The van der Waals surface area contributed by atoms with Crippen LogP contribution in [0.4, 0.5) is 0 Å². The van der Waals surface area contributed by atoms with E-state index in [2.05, 4.69) is 15.6 Å². The third kappa shape index (κ3) is 6.81. The summed E-state index contributed by atoms with van der Waals surface area (Å²) in [5.74, 6) is 2.69. The number of methoxy groups -OCH3 is 1. The predicted molar refractivity (Wildman–Crippen MR) is 99.3 cm³/mol. The van der Waals surface area contributed by atoms with Crippen molar-refractivity contribution in [3.63, 3.8) is 0 Å². The molecular weight excluding hydrogens is 342 g/mol. The van der Waals surface area contributed by atoms with Gasteiger partial charge in [0, 0.05) is 25.6 Å². The molecular formula is C17H27N3O4S. The minimum Gasteiger partial charge on any atom is -0.497 e. The molecule has 1 aliphatic heterocycles. The van der Waals surface area contributed by atoms with Crippen molar-refractivity contribution in [2.75, 3.05) is 38.3 Å². The van der Waals surface area contributed by atoms with E-state index < -0.39 is 9.84 Å². The average molecular weight is 369 g/mol. The third-order valence-electron chi connectivity index (χ3n) is 3.82. The van der Waals surface area contributed by atoms with E-state index in [1.54, 1.807) is 7.11 Å². The van der Waals surface area contributed by atoms with Crippen LogP contribution in [0.3, 0.4) is 0 Å². The zero-order valence-corrected chi connectivity index (χ0v) is 15.6. The second-order valence-electron chi connectivity index (χ2n) is 5.88. The summed E-state index contributed by atoms with van der Waals surface area (Å²) in [4.78, 5) is 4.48. The number of benzene rings is 1. The van der Waals surface area contributed by atoms with Crippen LogP contribution < -0.4 is 20.1 Å². The second-order valence-corrected chi connectivity index (χ2v) is 8.11. The molecule has 1 saturated heterocycles. The van der Waals surface area contributed by atoms with Gasteiger partial charge in [-0.3, -0.25) is 4.99 Å². The SMILES string of the molecule is CCNC(=NCCCOc1ccc(OC)cc1)NC1CCS(=O)(=O)C1. The van der Waals surface area contributed by atoms with E-state index in [4.69, 9.17) is 9.47 Å². The largest absolute Gasteiger partial charge is 0.497 e. The predicted octanol–water partition coefficient (Wildman–Crippen LogP) is 1.21. The highest BCUT2D eigenvalue weighted by Crippen LogP contribution is 2.17. The number of hydrogen-bond donors (Lipinski definition) is 2. The summed E-state index contributed by atoms with van der Waals surface area (Å²) in [6.07, 6.45) is 1.40. The third-order valence-corrected chi connectivity index (χ3v) is 5.59. The Balaban J connectivity index is 1.73. The lowest BCUT2D eigenvalue weighted by atomic mass is 10.3. The summed E-state index contributed by atoms with van der Waals surface area (Å²) in [7, 11) is -1.27. The number of aliphatic imine (C=N–C) groups is 1. The second kappa shape index (κ2) is 9.50. The summed E-state index contributed by atoms with van der Waals surface area (Å²) in [6.45, 7) is 3.88. The molecule has 0 aliphatic carbocycles. The van der Waals surface area contributed by atoms with Gasteiger partial charge in [-0.05, 0) is 37.6 Å². The van der Waals surface area contributed by atoms with Gasteiger partial charge in [0.2, 0.25) is 0 Å². The van der Waals surface area contributed by atoms with Gasteiger partial charge in [0.05, 0.1) is 25.2 Å². The molecule has 7 nitrogen and oxygen atoms in total. The van der Waals surface area contributed by atoms with E-state index in [-0.39, 0.29) is 17.5 Å². The molecule has 0 amide bonds. The van der Waals surface area contributed by atoms with Crippen molar-refractivity contribution >= 4 is 15.8 Å². The first kappa shape index (κ1) is 19.4. The van der Waals surface area contributed by atoms with Crippen LogP contribution in [0.5, 0.6) is 11.5 Å².